The van der Waals surface area contributed by atoms with Crippen LogP contribution in [0, 0.1) is 11.8 Å². The second-order valence-electron chi connectivity index (χ2n) is 8.80. The van der Waals surface area contributed by atoms with Crippen molar-refractivity contribution in [1.82, 2.24) is 0 Å². The maximum absolute atomic E-state index is 11.7. The predicted octanol–water partition coefficient (Wildman–Crippen LogP) is 5.01. The van der Waals surface area contributed by atoms with Crippen LogP contribution in [0.2, 0.25) is 4.82 Å². The van der Waals surface area contributed by atoms with Crippen molar-refractivity contribution in [2.24, 2.45) is 11.8 Å². The molecule has 0 spiro atoms. The Bertz CT molecular complexity index is 677. The van der Waals surface area contributed by atoms with E-state index in [1.54, 1.807) is 0 Å². The molecule has 2 aliphatic rings. The van der Waals surface area contributed by atoms with Gasteiger partial charge in [-0.1, -0.05) is 26.2 Å². The summed E-state index contributed by atoms with van der Waals surface area (Å²) in [5.41, 5.74) is 0. The van der Waals surface area contributed by atoms with Crippen molar-refractivity contribution in [3.63, 3.8) is 0 Å². The van der Waals surface area contributed by atoms with E-state index >= 15 is 0 Å². The van der Waals surface area contributed by atoms with E-state index in [2.05, 4.69) is 19.1 Å². The van der Waals surface area contributed by atoms with Crippen molar-refractivity contribution < 1.29 is 19.4 Å². The minimum absolute atomic E-state index is 0.0288. The summed E-state index contributed by atoms with van der Waals surface area (Å²) in [5.74, 6) is 0.395. The van der Waals surface area contributed by atoms with Crippen LogP contribution in [0.1, 0.15) is 64.7 Å². The van der Waals surface area contributed by atoms with Gasteiger partial charge in [-0.15, -0.1) is 0 Å². The zero-order chi connectivity index (χ0) is 21.9. The number of ether oxygens (including phenoxy) is 2. The third kappa shape index (κ3) is 7.75. The first kappa shape index (κ1) is 24.5. The molecule has 2 fully saturated rings. The molecule has 0 radical (unpaired) electrons. The monoisotopic (exact) mass is 494 g/mol. The van der Waals surface area contributed by atoms with E-state index in [-0.39, 0.29) is 19.8 Å². The molecule has 0 saturated carbocycles. The molecule has 2 bridgehead atoms. The molecule has 2 aliphatic heterocycles. The third-order valence-corrected chi connectivity index (χ3v) is 9.17. The molecule has 4 nitrogen and oxygen atoms in total. The second kappa shape index (κ2) is 13.4. The molecule has 31 heavy (non-hydrogen) atoms. The maximum atomic E-state index is 11.7. The van der Waals surface area contributed by atoms with E-state index in [1.807, 2.05) is 30.3 Å². The van der Waals surface area contributed by atoms with Crippen molar-refractivity contribution in [1.29, 1.82) is 0 Å². The number of unbranched alkanes of at least 4 members (excludes halogenated alkanes) is 3. The number of carbonyl (C=O) groups is 1. The van der Waals surface area contributed by atoms with Crippen LogP contribution in [0.4, 0.5) is 0 Å². The van der Waals surface area contributed by atoms with E-state index in [4.69, 9.17) is 9.47 Å². The first-order valence-corrected chi connectivity index (χ1v) is 13.9. The topological polar surface area (TPSA) is 55.8 Å². The number of benzene rings is 1. The molecule has 1 unspecified atom stereocenters. The minimum atomic E-state index is -0.671. The van der Waals surface area contributed by atoms with Gasteiger partial charge in [0.2, 0.25) is 0 Å². The molecular formula is C26H38O4Se. The van der Waals surface area contributed by atoms with Crippen LogP contribution in [-0.2, 0) is 14.3 Å². The summed E-state index contributed by atoms with van der Waals surface area (Å²) in [4.78, 5) is 11.4. The van der Waals surface area contributed by atoms with Crippen LogP contribution < -0.4 is 4.46 Å². The summed E-state index contributed by atoms with van der Waals surface area (Å²) in [6, 6.07) is 10.0. The van der Waals surface area contributed by atoms with Gasteiger partial charge in [-0.25, -0.2) is 0 Å². The average Bonchev–Trinajstić information content (AvgIpc) is 3.38. The fourth-order valence-electron chi connectivity index (χ4n) is 4.79. The number of carboxylic acids is 1. The molecule has 5 atom stereocenters. The molecule has 1 aromatic carbocycles. The van der Waals surface area contributed by atoms with Crippen LogP contribution in [0.25, 0.3) is 0 Å². The van der Waals surface area contributed by atoms with Crippen molar-refractivity contribution in [2.75, 3.05) is 13.2 Å². The molecule has 172 valence electrons. The Morgan fingerprint density at radius 1 is 1.16 bits per heavy atom. The number of hydrogen-bond donors (Lipinski definition) is 1. The van der Waals surface area contributed by atoms with Crippen LogP contribution in [0.5, 0.6) is 0 Å². The molecule has 0 aliphatic carbocycles. The molecular weight excluding hydrogens is 455 g/mol. The molecule has 1 aromatic rings. The van der Waals surface area contributed by atoms with Crippen LogP contribution in [0.15, 0.2) is 42.5 Å². The summed E-state index contributed by atoms with van der Waals surface area (Å²) in [5, 5.41) is 9.58. The van der Waals surface area contributed by atoms with Gasteiger partial charge in [-0.2, -0.15) is 0 Å². The fraction of sp³-hybridized carbons (Fsp3) is 0.654. The Labute approximate surface area is 193 Å². The zero-order valence-corrected chi connectivity index (χ0v) is 20.5. The fourth-order valence-corrected chi connectivity index (χ4v) is 6.89. The number of carboxylic acid groups (broad SMARTS) is 1. The van der Waals surface area contributed by atoms with Gasteiger partial charge in [0.25, 0.3) is 0 Å². The van der Waals surface area contributed by atoms with Crippen LogP contribution in [-0.4, -0.2) is 51.5 Å². The van der Waals surface area contributed by atoms with Gasteiger partial charge in [0.1, 0.15) is 0 Å². The molecule has 2 saturated heterocycles. The van der Waals surface area contributed by atoms with Gasteiger partial charge in [0, 0.05) is 0 Å². The number of hydrogen-bond acceptors (Lipinski definition) is 3. The Balaban J connectivity index is 1.39. The van der Waals surface area contributed by atoms with Crippen molar-refractivity contribution in [2.45, 2.75) is 81.7 Å². The predicted molar refractivity (Wildman–Crippen MR) is 126 cm³/mol. The quantitative estimate of drug-likeness (QED) is 0.212. The van der Waals surface area contributed by atoms with E-state index in [1.165, 1.54) is 32.1 Å². The Morgan fingerprint density at radius 2 is 1.94 bits per heavy atom. The molecule has 0 aromatic heterocycles. The summed E-state index contributed by atoms with van der Waals surface area (Å²) in [6.07, 6.45) is 15.1. The summed E-state index contributed by atoms with van der Waals surface area (Å²) >= 11 is -0.0288. The summed E-state index contributed by atoms with van der Waals surface area (Å²) in [7, 11) is 0. The van der Waals surface area contributed by atoms with Gasteiger partial charge < -0.3 is 0 Å². The van der Waals surface area contributed by atoms with Gasteiger partial charge in [-0.3, -0.25) is 0 Å². The standard InChI is InChI=1S/C26H38O4Se/c1-2-3-4-11-18-29-19-22-21(23-16-17-24(22)30-23)14-9-6-10-15-25(26(27)28)31-20-12-7-5-8-13-20/h5-9,12-13,21-25H,2-4,10-11,14-19H2,1H3,(H,27,28)/b9-6-/t21?,22-,23+,24-,25+/m0/s1. The molecule has 2 heterocycles. The molecule has 3 rings (SSSR count). The van der Waals surface area contributed by atoms with E-state index in [0.717, 1.165) is 36.9 Å². The van der Waals surface area contributed by atoms with E-state index in [9.17, 15) is 9.90 Å². The first-order valence-electron chi connectivity index (χ1n) is 12.0. The SMILES string of the molecule is CCCCCCOC[C@H]1C(C/C=C\CC[C@@H]([Se]c2ccccc2)C(=O)O)[C@H]2CC[C@@H]1O2. The van der Waals surface area contributed by atoms with E-state index in [0.29, 0.717) is 30.5 Å². The molecule has 0 amide bonds. The second-order valence-corrected chi connectivity index (χ2v) is 11.5. The third-order valence-electron chi connectivity index (χ3n) is 6.51. The molecule has 1 N–H and O–H groups in total. The van der Waals surface area contributed by atoms with Crippen molar-refractivity contribution in [3.8, 4) is 0 Å². The van der Waals surface area contributed by atoms with Gasteiger partial charge >= 0.3 is 168 Å². The summed E-state index contributed by atoms with van der Waals surface area (Å²) in [6.45, 7) is 3.93. The summed E-state index contributed by atoms with van der Waals surface area (Å²) < 4.78 is 13.4. The Morgan fingerprint density at radius 3 is 2.68 bits per heavy atom. The van der Waals surface area contributed by atoms with Gasteiger partial charge in [-0.05, 0) is 0 Å². The van der Waals surface area contributed by atoms with Crippen LogP contribution in [0.3, 0.4) is 0 Å². The van der Waals surface area contributed by atoms with Crippen LogP contribution >= 0.6 is 0 Å². The van der Waals surface area contributed by atoms with Crippen molar-refractivity contribution in [3.05, 3.63) is 42.5 Å². The number of aliphatic carboxylic acids is 1. The Kier molecular flexibility index (Phi) is 10.6. The van der Waals surface area contributed by atoms with Crippen molar-refractivity contribution >= 4 is 25.4 Å². The normalized spacial score (nSPS) is 26.0. The van der Waals surface area contributed by atoms with Gasteiger partial charge in [0.05, 0.1) is 0 Å². The average molecular weight is 494 g/mol. The first-order chi connectivity index (χ1) is 15.2. The number of fused-ring (bicyclic) bond motifs is 2. The Hall–Kier alpha value is -1.13. The zero-order valence-electron chi connectivity index (χ0n) is 18.8. The molecule has 5 heteroatoms. The number of allylic oxidation sites excluding steroid dienone is 2. The van der Waals surface area contributed by atoms with E-state index < -0.39 is 5.97 Å². The van der Waals surface area contributed by atoms with Gasteiger partial charge in [0.15, 0.2) is 0 Å². The number of rotatable bonds is 15.